The predicted octanol–water partition coefficient (Wildman–Crippen LogP) is 0.607. The van der Waals surface area contributed by atoms with Crippen LogP contribution >= 0.6 is 0 Å². The maximum Gasteiger partial charge on any atom is 0.186 e. The largest absolute Gasteiger partial charge is 0.377 e. The van der Waals surface area contributed by atoms with Crippen LogP contribution in [-0.4, -0.2) is 24.7 Å². The molecular weight excluding hydrogens is 190 g/mol. The molecule has 1 aliphatic heterocycles. The van der Waals surface area contributed by atoms with Gasteiger partial charge in [0, 0.05) is 17.9 Å². The Balaban J connectivity index is 1.88. The Hall–Kier alpha value is -0.770. The molecule has 3 unspecified atom stereocenters. The molecule has 1 heterocycles. The van der Waals surface area contributed by atoms with E-state index in [1.54, 1.807) is 0 Å². The summed E-state index contributed by atoms with van der Waals surface area (Å²) >= 11 is 0. The van der Waals surface area contributed by atoms with Crippen molar-refractivity contribution >= 4 is 5.96 Å². The Kier molecular flexibility index (Phi) is 1.96. The second kappa shape index (κ2) is 3.11. The summed E-state index contributed by atoms with van der Waals surface area (Å²) in [7, 11) is 0. The minimum Gasteiger partial charge on any atom is -0.377 e. The molecule has 2 aliphatic carbocycles. The lowest BCUT2D eigenvalue weighted by atomic mass is 9.54. The first-order chi connectivity index (χ1) is 7.24. The summed E-state index contributed by atoms with van der Waals surface area (Å²) in [6, 6.07) is 0.345. The minimum absolute atomic E-state index is 0.247. The maximum atomic E-state index is 5.85. The quantitative estimate of drug-likeness (QED) is 0.491. The van der Waals surface area contributed by atoms with Crippen LogP contribution in [0.4, 0.5) is 0 Å². The van der Waals surface area contributed by atoms with E-state index in [2.05, 4.69) is 4.99 Å². The van der Waals surface area contributed by atoms with Crippen LogP contribution in [0, 0.1) is 11.3 Å². The van der Waals surface area contributed by atoms with Gasteiger partial charge in [0.15, 0.2) is 5.96 Å². The average molecular weight is 209 g/mol. The lowest BCUT2D eigenvalue weighted by Gasteiger charge is -2.54. The summed E-state index contributed by atoms with van der Waals surface area (Å²) in [5.41, 5.74) is 11.3. The fourth-order valence-corrected chi connectivity index (χ4v) is 4.00. The van der Waals surface area contributed by atoms with Gasteiger partial charge in [-0.15, -0.1) is 0 Å². The molecule has 0 aromatic carbocycles. The number of guanidine groups is 1. The Labute approximate surface area is 90.1 Å². The average Bonchev–Trinajstić information content (AvgIpc) is 2.82. The van der Waals surface area contributed by atoms with Crippen molar-refractivity contribution in [3.05, 3.63) is 0 Å². The van der Waals surface area contributed by atoms with Gasteiger partial charge in [-0.25, -0.2) is 4.99 Å². The third-order valence-electron chi connectivity index (χ3n) is 4.52. The summed E-state index contributed by atoms with van der Waals surface area (Å²) in [6.45, 7) is 0.896. The molecule has 4 nitrogen and oxygen atoms in total. The van der Waals surface area contributed by atoms with Gasteiger partial charge in [0.2, 0.25) is 0 Å². The monoisotopic (exact) mass is 209 g/mol. The third kappa shape index (κ3) is 1.14. The van der Waals surface area contributed by atoms with Crippen LogP contribution in [0.5, 0.6) is 0 Å². The lowest BCUT2D eigenvalue weighted by Crippen LogP contribution is -2.61. The van der Waals surface area contributed by atoms with Crippen molar-refractivity contribution in [2.45, 2.75) is 44.2 Å². The van der Waals surface area contributed by atoms with Gasteiger partial charge in [-0.05, 0) is 19.3 Å². The van der Waals surface area contributed by atoms with Gasteiger partial charge in [0.05, 0.1) is 12.1 Å². The smallest absolute Gasteiger partial charge is 0.186 e. The number of nitrogens with two attached hydrogens (primary N) is 2. The van der Waals surface area contributed by atoms with Gasteiger partial charge in [0.1, 0.15) is 0 Å². The van der Waals surface area contributed by atoms with Crippen LogP contribution in [0.3, 0.4) is 0 Å². The number of aliphatic imine (C=N–C) groups is 1. The van der Waals surface area contributed by atoms with Crippen molar-refractivity contribution in [1.29, 1.82) is 0 Å². The van der Waals surface area contributed by atoms with Gasteiger partial charge in [-0.3, -0.25) is 0 Å². The van der Waals surface area contributed by atoms with E-state index in [4.69, 9.17) is 16.2 Å². The van der Waals surface area contributed by atoms with E-state index < -0.39 is 0 Å². The highest BCUT2D eigenvalue weighted by molar-refractivity contribution is 5.76. The zero-order valence-corrected chi connectivity index (χ0v) is 8.98. The van der Waals surface area contributed by atoms with Gasteiger partial charge < -0.3 is 16.2 Å². The molecule has 3 rings (SSSR count). The van der Waals surface area contributed by atoms with E-state index in [1.165, 1.54) is 25.7 Å². The Morgan fingerprint density at radius 1 is 1.27 bits per heavy atom. The molecule has 15 heavy (non-hydrogen) atoms. The van der Waals surface area contributed by atoms with E-state index in [9.17, 15) is 0 Å². The summed E-state index contributed by atoms with van der Waals surface area (Å²) in [6.07, 6.45) is 6.69. The van der Waals surface area contributed by atoms with Gasteiger partial charge >= 0.3 is 0 Å². The fourth-order valence-electron chi connectivity index (χ4n) is 4.00. The second-order valence-corrected chi connectivity index (χ2v) is 5.18. The lowest BCUT2D eigenvalue weighted by molar-refractivity contribution is -0.117. The van der Waals surface area contributed by atoms with Crippen LogP contribution in [0.15, 0.2) is 4.99 Å². The van der Waals surface area contributed by atoms with Crippen LogP contribution in [0.2, 0.25) is 0 Å². The predicted molar refractivity (Wildman–Crippen MR) is 58.3 cm³/mol. The molecule has 2 saturated carbocycles. The molecule has 0 bridgehead atoms. The Morgan fingerprint density at radius 3 is 2.67 bits per heavy atom. The van der Waals surface area contributed by atoms with Crippen molar-refractivity contribution < 1.29 is 4.74 Å². The molecule has 0 aromatic heterocycles. The Morgan fingerprint density at radius 2 is 2.00 bits per heavy atom. The zero-order chi connectivity index (χ0) is 10.5. The number of hydrogen-bond acceptors (Lipinski definition) is 2. The molecule has 3 aliphatic rings. The molecule has 84 valence electrons. The number of fused-ring (bicyclic) bond motifs is 2. The summed E-state index contributed by atoms with van der Waals surface area (Å²) in [4.78, 5) is 4.45. The Bertz CT molecular complexity index is 292. The van der Waals surface area contributed by atoms with Crippen molar-refractivity contribution in [2.75, 3.05) is 6.61 Å². The molecule has 1 saturated heterocycles. The molecule has 1 spiro atoms. The van der Waals surface area contributed by atoms with E-state index in [-0.39, 0.29) is 5.96 Å². The van der Waals surface area contributed by atoms with Crippen molar-refractivity contribution in [3.8, 4) is 0 Å². The van der Waals surface area contributed by atoms with Gasteiger partial charge in [0.25, 0.3) is 0 Å². The van der Waals surface area contributed by atoms with Crippen molar-refractivity contribution in [1.82, 2.24) is 0 Å². The number of hydrogen-bond donors (Lipinski definition) is 2. The SMILES string of the molecule is NC(N)=NC1C2CCOC2C12CCCC2. The minimum atomic E-state index is 0.247. The maximum absolute atomic E-state index is 5.85. The topological polar surface area (TPSA) is 73.6 Å². The molecule has 0 radical (unpaired) electrons. The highest BCUT2D eigenvalue weighted by Gasteiger charge is 2.65. The molecule has 4 N–H and O–H groups in total. The first kappa shape index (κ1) is 9.46. The van der Waals surface area contributed by atoms with Gasteiger partial charge in [-0.2, -0.15) is 0 Å². The molecular formula is C11H19N3O. The van der Waals surface area contributed by atoms with Crippen molar-refractivity contribution in [3.63, 3.8) is 0 Å². The first-order valence-corrected chi connectivity index (χ1v) is 5.94. The van der Waals surface area contributed by atoms with E-state index in [1.807, 2.05) is 0 Å². The molecule has 4 heteroatoms. The normalized spacial score (nSPS) is 41.2. The van der Waals surface area contributed by atoms with Crippen molar-refractivity contribution in [2.24, 2.45) is 27.8 Å². The number of nitrogens with zero attached hydrogens (tertiary/aromatic N) is 1. The van der Waals surface area contributed by atoms with Crippen LogP contribution in [0.25, 0.3) is 0 Å². The van der Waals surface area contributed by atoms with E-state index in [0.29, 0.717) is 23.5 Å². The van der Waals surface area contributed by atoms with E-state index >= 15 is 0 Å². The molecule has 0 aromatic rings. The third-order valence-corrected chi connectivity index (χ3v) is 4.52. The number of rotatable bonds is 1. The standard InChI is InChI=1S/C11H19N3O/c12-10(13)14-8-7-3-6-15-9(7)11(8)4-1-2-5-11/h7-9H,1-6H2,(H4,12,13,14). The number of ether oxygens (including phenoxy) is 1. The van der Waals surface area contributed by atoms with Gasteiger partial charge in [-0.1, -0.05) is 12.8 Å². The first-order valence-electron chi connectivity index (χ1n) is 5.94. The molecule has 3 atom stereocenters. The fraction of sp³-hybridized carbons (Fsp3) is 0.909. The van der Waals surface area contributed by atoms with Crippen LogP contribution < -0.4 is 11.5 Å². The summed E-state index contributed by atoms with van der Waals surface area (Å²) < 4.78 is 5.85. The van der Waals surface area contributed by atoms with Crippen LogP contribution in [0.1, 0.15) is 32.1 Å². The molecule has 0 amide bonds. The zero-order valence-electron chi connectivity index (χ0n) is 8.98. The van der Waals surface area contributed by atoms with Crippen LogP contribution in [-0.2, 0) is 4.74 Å². The highest BCUT2D eigenvalue weighted by Crippen LogP contribution is 2.61. The summed E-state index contributed by atoms with van der Waals surface area (Å²) in [5.74, 6) is 0.835. The second-order valence-electron chi connectivity index (χ2n) is 5.18. The molecule has 3 fully saturated rings. The highest BCUT2D eigenvalue weighted by atomic mass is 16.5. The van der Waals surface area contributed by atoms with E-state index in [0.717, 1.165) is 13.0 Å². The summed E-state index contributed by atoms with van der Waals surface area (Å²) in [5, 5.41) is 0.